The zero-order valence-electron chi connectivity index (χ0n) is 23.5. The predicted molar refractivity (Wildman–Crippen MR) is 175 cm³/mol. The van der Waals surface area contributed by atoms with Crippen LogP contribution < -0.4 is 20.9 Å². The fourth-order valence-corrected chi connectivity index (χ4v) is 5.52. The fraction of sp³-hybridized carbons (Fsp3) is 0.212. The molecule has 2 aliphatic rings. The van der Waals surface area contributed by atoms with Gasteiger partial charge in [0.25, 0.3) is 0 Å². The maximum absolute atomic E-state index is 12.5. The van der Waals surface area contributed by atoms with E-state index in [2.05, 4.69) is 38.0 Å². The van der Waals surface area contributed by atoms with E-state index < -0.39 is 0 Å². The van der Waals surface area contributed by atoms with Crippen LogP contribution in [0.3, 0.4) is 0 Å². The van der Waals surface area contributed by atoms with Crippen LogP contribution in [-0.2, 0) is 6.54 Å². The largest absolute Gasteiger partial charge is 0.338 e. The highest BCUT2D eigenvalue weighted by atomic mass is 16.2. The lowest BCUT2D eigenvalue weighted by atomic mass is 10.0. The van der Waals surface area contributed by atoms with Gasteiger partial charge in [0, 0.05) is 53.0 Å². The molecule has 1 saturated heterocycles. The third kappa shape index (κ3) is 5.73. The van der Waals surface area contributed by atoms with Crippen LogP contribution in [0.25, 0.3) is 0 Å². The summed E-state index contributed by atoms with van der Waals surface area (Å²) in [5, 5.41) is 27.5. The average Bonchev–Trinajstić information content (AvgIpc) is 3.13. The highest BCUT2D eigenvalue weighted by Gasteiger charge is 2.28. The Bertz CT molecular complexity index is 1640. The highest BCUT2D eigenvalue weighted by molar-refractivity contribution is 6.30. The number of anilines is 4. The molecule has 1 fully saturated rings. The standard InChI is InChI=1S/C33H34N8O.3H2/c1-22-7-2-4-9-27(22)39-33(42)37-25-16-19-40(20-17-25)21-23-12-14-24(15-13-23)30(34)41-29-11-6-18-36-32(29)38-28-10-5-3-8-26(28)31(41)35;;;/h2-15,18,25,34-35H,16-17,19-21H2,1H3,(H,36,38)(H2,37,39,42);3*1H. The molecule has 0 atom stereocenters. The first-order chi connectivity index (χ1) is 20.5. The molecule has 0 bridgehead atoms. The summed E-state index contributed by atoms with van der Waals surface area (Å²) in [5.74, 6) is 1.05. The number of rotatable bonds is 5. The lowest BCUT2D eigenvalue weighted by Gasteiger charge is -2.32. The van der Waals surface area contributed by atoms with Crippen LogP contribution in [0.15, 0.2) is 91.1 Å². The van der Waals surface area contributed by atoms with Crippen molar-refractivity contribution in [3.8, 4) is 0 Å². The first-order valence-electron chi connectivity index (χ1n) is 14.2. The Hall–Kier alpha value is -5.02. The second-order valence-electron chi connectivity index (χ2n) is 10.7. The molecule has 3 heterocycles. The van der Waals surface area contributed by atoms with Crippen molar-refractivity contribution < 1.29 is 9.07 Å². The molecule has 218 valence electrons. The number of pyridine rings is 1. The Morgan fingerprint density at radius 3 is 2.52 bits per heavy atom. The predicted octanol–water partition coefficient (Wildman–Crippen LogP) is 6.83. The summed E-state index contributed by atoms with van der Waals surface area (Å²) in [4.78, 5) is 21.0. The topological polar surface area (TPSA) is 120 Å². The molecule has 9 nitrogen and oxygen atoms in total. The van der Waals surface area contributed by atoms with E-state index >= 15 is 0 Å². The SMILES string of the molecule is Cc1ccccc1NC(=O)NC1CCN(Cc2ccc(C(=N)N3C(=N)c4ccccc4Nc4ncccc43)cc2)CC1.[HH].[HH].[HH]. The van der Waals surface area contributed by atoms with Crippen molar-refractivity contribution in [3.63, 3.8) is 0 Å². The van der Waals surface area contributed by atoms with Crippen LogP contribution in [0.1, 0.15) is 39.4 Å². The van der Waals surface area contributed by atoms with Crippen LogP contribution in [0.5, 0.6) is 0 Å². The van der Waals surface area contributed by atoms with E-state index in [0.717, 1.165) is 60.5 Å². The van der Waals surface area contributed by atoms with Crippen molar-refractivity contribution in [3.05, 3.63) is 113 Å². The number of carbonyl (C=O) groups is 1. The summed E-state index contributed by atoms with van der Waals surface area (Å²) in [6, 6.07) is 27.1. The lowest BCUT2D eigenvalue weighted by Crippen LogP contribution is -2.45. The van der Waals surface area contributed by atoms with Gasteiger partial charge in [-0.1, -0.05) is 54.6 Å². The second kappa shape index (κ2) is 11.8. The third-order valence-corrected chi connectivity index (χ3v) is 7.86. The van der Waals surface area contributed by atoms with Gasteiger partial charge >= 0.3 is 6.03 Å². The van der Waals surface area contributed by atoms with Crippen molar-refractivity contribution in [2.24, 2.45) is 0 Å². The molecule has 6 rings (SSSR count). The molecule has 1 aromatic heterocycles. The van der Waals surface area contributed by atoms with E-state index in [9.17, 15) is 4.79 Å². The van der Waals surface area contributed by atoms with Gasteiger partial charge in [0.2, 0.25) is 0 Å². The van der Waals surface area contributed by atoms with E-state index in [0.29, 0.717) is 17.1 Å². The number of hydrogen-bond donors (Lipinski definition) is 5. The summed E-state index contributed by atoms with van der Waals surface area (Å²) in [6.07, 6.45) is 3.49. The summed E-state index contributed by atoms with van der Waals surface area (Å²) in [5.41, 5.74) is 5.92. The average molecular weight is 565 g/mol. The second-order valence-corrected chi connectivity index (χ2v) is 10.7. The number of amides is 2. The van der Waals surface area contributed by atoms with Crippen LogP contribution in [0.4, 0.5) is 27.7 Å². The van der Waals surface area contributed by atoms with Crippen LogP contribution in [-0.4, -0.2) is 46.7 Å². The van der Waals surface area contributed by atoms with Gasteiger partial charge in [-0.15, -0.1) is 0 Å². The Morgan fingerprint density at radius 2 is 1.74 bits per heavy atom. The maximum Gasteiger partial charge on any atom is 0.319 e. The minimum Gasteiger partial charge on any atom is -0.338 e. The zero-order chi connectivity index (χ0) is 29.1. The molecule has 0 unspecified atom stereocenters. The fourth-order valence-electron chi connectivity index (χ4n) is 5.52. The van der Waals surface area contributed by atoms with Gasteiger partial charge in [0.1, 0.15) is 11.7 Å². The molecule has 3 aromatic carbocycles. The molecule has 9 heteroatoms. The van der Waals surface area contributed by atoms with E-state index in [1.54, 1.807) is 11.1 Å². The van der Waals surface area contributed by atoms with Gasteiger partial charge in [0.05, 0.1) is 11.4 Å². The third-order valence-electron chi connectivity index (χ3n) is 7.86. The Balaban J connectivity index is 0.00000184. The maximum atomic E-state index is 12.5. The molecular formula is C33H40N8O. The number of nitrogens with zero attached hydrogens (tertiary/aromatic N) is 3. The summed E-state index contributed by atoms with van der Waals surface area (Å²) < 4.78 is 0. The van der Waals surface area contributed by atoms with Crippen molar-refractivity contribution in [2.45, 2.75) is 32.4 Å². The van der Waals surface area contributed by atoms with Crippen LogP contribution in [0, 0.1) is 17.7 Å². The number of aryl methyl sites for hydroxylation is 1. The number of para-hydroxylation sites is 2. The van der Waals surface area contributed by atoms with Crippen molar-refractivity contribution >= 4 is 40.6 Å². The Labute approximate surface area is 250 Å². The van der Waals surface area contributed by atoms with Gasteiger partial charge in [-0.2, -0.15) is 0 Å². The number of benzene rings is 3. The minimum absolute atomic E-state index is 0. The summed E-state index contributed by atoms with van der Waals surface area (Å²) >= 11 is 0. The number of hydrogen-bond acceptors (Lipinski definition) is 6. The van der Waals surface area contributed by atoms with Gasteiger partial charge in [0.15, 0.2) is 5.82 Å². The molecule has 0 saturated carbocycles. The number of nitrogens with one attached hydrogen (secondary N) is 5. The van der Waals surface area contributed by atoms with E-state index in [1.165, 1.54) is 0 Å². The molecule has 2 amide bonds. The molecule has 5 N–H and O–H groups in total. The van der Waals surface area contributed by atoms with Crippen molar-refractivity contribution in [1.29, 1.82) is 10.8 Å². The lowest BCUT2D eigenvalue weighted by molar-refractivity contribution is 0.190. The zero-order valence-corrected chi connectivity index (χ0v) is 23.5. The number of likely N-dealkylation sites (tertiary alicyclic amines) is 1. The summed E-state index contributed by atoms with van der Waals surface area (Å²) in [7, 11) is 0. The molecule has 0 aliphatic carbocycles. The molecule has 0 spiro atoms. The van der Waals surface area contributed by atoms with Gasteiger partial charge in [-0.25, -0.2) is 9.78 Å². The molecule has 4 aromatic rings. The molecule has 0 radical (unpaired) electrons. The smallest absolute Gasteiger partial charge is 0.319 e. The number of amidine groups is 2. The Kier molecular flexibility index (Phi) is 7.66. The molecule has 42 heavy (non-hydrogen) atoms. The van der Waals surface area contributed by atoms with E-state index in [-0.39, 0.29) is 28.0 Å². The highest BCUT2D eigenvalue weighted by Crippen LogP contribution is 2.34. The Morgan fingerprint density at radius 1 is 1.00 bits per heavy atom. The van der Waals surface area contributed by atoms with Crippen LogP contribution >= 0.6 is 0 Å². The first-order valence-corrected chi connectivity index (χ1v) is 14.2. The van der Waals surface area contributed by atoms with Crippen molar-refractivity contribution in [1.82, 2.24) is 15.2 Å². The number of aromatic nitrogens is 1. The normalized spacial score (nSPS) is 15.2. The van der Waals surface area contributed by atoms with Gasteiger partial charge in [-0.05, 0) is 61.2 Å². The monoisotopic (exact) mass is 564 g/mol. The molecular weight excluding hydrogens is 524 g/mol. The number of urea groups is 1. The van der Waals surface area contributed by atoms with Gasteiger partial charge in [-0.3, -0.25) is 20.6 Å². The van der Waals surface area contributed by atoms with Gasteiger partial charge < -0.3 is 16.0 Å². The number of carbonyl (C=O) groups excluding carboxylic acids is 1. The molecule has 2 aliphatic heterocycles. The first kappa shape index (κ1) is 27.2. The minimum atomic E-state index is -0.157. The number of piperidine rings is 1. The van der Waals surface area contributed by atoms with Crippen LogP contribution in [0.2, 0.25) is 0 Å². The summed E-state index contributed by atoms with van der Waals surface area (Å²) in [6.45, 7) is 4.58. The van der Waals surface area contributed by atoms with Crippen molar-refractivity contribution in [2.75, 3.05) is 28.6 Å². The number of fused-ring (bicyclic) bond motifs is 2. The quantitative estimate of drug-likeness (QED) is 0.134. The van der Waals surface area contributed by atoms with E-state index in [4.69, 9.17) is 10.8 Å². The van der Waals surface area contributed by atoms with E-state index in [1.807, 2.05) is 79.7 Å².